The molecule has 0 aromatic rings. The fourth-order valence-corrected chi connectivity index (χ4v) is 0.144. The minimum Gasteiger partial charge on any atom is -0.405 e. The third kappa shape index (κ3) is 965. The highest BCUT2D eigenvalue weighted by atomic mass is 14.8. The molecule has 0 fully saturated rings. The SMILES string of the molecule is C=CN.C=CNCC.CC.CC.CC. The van der Waals surface area contributed by atoms with Crippen LogP contribution in [0.4, 0.5) is 0 Å². The van der Waals surface area contributed by atoms with Gasteiger partial charge in [0.05, 0.1) is 0 Å². The summed E-state index contributed by atoms with van der Waals surface area (Å²) in [5, 5.41) is 2.88. The molecular weight excluding hydrogens is 172 g/mol. The summed E-state index contributed by atoms with van der Waals surface area (Å²) in [5.74, 6) is 0. The molecule has 0 aromatic heterocycles. The van der Waals surface area contributed by atoms with E-state index in [1.807, 2.05) is 48.5 Å². The van der Waals surface area contributed by atoms with Crippen LogP contribution < -0.4 is 11.1 Å². The van der Waals surface area contributed by atoms with E-state index in [4.69, 9.17) is 0 Å². The lowest BCUT2D eigenvalue weighted by Crippen LogP contribution is -1.99. The van der Waals surface area contributed by atoms with Crippen molar-refractivity contribution < 1.29 is 0 Å². The smallest absolute Gasteiger partial charge is 0.0112 e. The lowest BCUT2D eigenvalue weighted by Gasteiger charge is -1.83. The molecule has 0 amide bonds. The Hall–Kier alpha value is -0.920. The maximum atomic E-state index is 4.61. The van der Waals surface area contributed by atoms with E-state index < -0.39 is 0 Å². The van der Waals surface area contributed by atoms with Gasteiger partial charge in [-0.3, -0.25) is 0 Å². The first-order chi connectivity index (χ1) is 6.83. The first kappa shape index (κ1) is 29.2. The predicted molar refractivity (Wildman–Crippen MR) is 72.3 cm³/mol. The third-order valence-corrected chi connectivity index (χ3v) is 0.348. The Morgan fingerprint density at radius 2 is 1.21 bits per heavy atom. The fraction of sp³-hybridized carbons (Fsp3) is 0.667. The van der Waals surface area contributed by atoms with E-state index in [1.165, 1.54) is 6.20 Å². The Bertz CT molecular complexity index is 52.3. The Morgan fingerprint density at radius 3 is 1.21 bits per heavy atom. The maximum Gasteiger partial charge on any atom is 0.0112 e. The van der Waals surface area contributed by atoms with Gasteiger partial charge < -0.3 is 11.1 Å². The number of nitrogens with one attached hydrogen (secondary N) is 1. The van der Waals surface area contributed by atoms with Gasteiger partial charge in [-0.1, -0.05) is 54.7 Å². The average molecular weight is 204 g/mol. The van der Waals surface area contributed by atoms with E-state index in [9.17, 15) is 0 Å². The van der Waals surface area contributed by atoms with E-state index in [2.05, 4.69) is 24.2 Å². The van der Waals surface area contributed by atoms with Gasteiger partial charge in [-0.15, -0.1) is 0 Å². The lowest BCUT2D eigenvalue weighted by atomic mass is 10.7. The van der Waals surface area contributed by atoms with Crippen LogP contribution in [0.1, 0.15) is 48.5 Å². The van der Waals surface area contributed by atoms with Crippen molar-refractivity contribution in [2.24, 2.45) is 5.73 Å². The van der Waals surface area contributed by atoms with Gasteiger partial charge >= 0.3 is 0 Å². The number of rotatable bonds is 2. The van der Waals surface area contributed by atoms with Crippen molar-refractivity contribution in [3.63, 3.8) is 0 Å². The summed E-state index contributed by atoms with van der Waals surface area (Å²) >= 11 is 0. The van der Waals surface area contributed by atoms with E-state index >= 15 is 0 Å². The normalized spacial score (nSPS) is 4.50. The number of nitrogens with two attached hydrogens (primary N) is 1. The molecule has 2 nitrogen and oxygen atoms in total. The molecule has 0 aliphatic carbocycles. The lowest BCUT2D eigenvalue weighted by molar-refractivity contribution is 0.922. The minimum absolute atomic E-state index is 0.976. The fourth-order valence-electron chi connectivity index (χ4n) is 0.144. The number of hydrogen-bond acceptors (Lipinski definition) is 2. The van der Waals surface area contributed by atoms with Gasteiger partial charge in [-0.05, 0) is 19.3 Å². The van der Waals surface area contributed by atoms with Crippen LogP contribution in [-0.4, -0.2) is 6.54 Å². The topological polar surface area (TPSA) is 38.0 Å². The molecule has 0 aliphatic heterocycles. The Kier molecular flexibility index (Phi) is 326. The molecule has 2 heteroatoms. The van der Waals surface area contributed by atoms with Crippen molar-refractivity contribution in [2.45, 2.75) is 48.5 Å². The molecule has 0 aromatic carbocycles. The molecule has 90 valence electrons. The van der Waals surface area contributed by atoms with Gasteiger partial charge in [0.15, 0.2) is 0 Å². The summed E-state index contributed by atoms with van der Waals surface area (Å²) in [6.45, 7) is 21.6. The van der Waals surface area contributed by atoms with Gasteiger partial charge in [-0.25, -0.2) is 0 Å². The van der Waals surface area contributed by atoms with E-state index in [1.54, 1.807) is 6.20 Å². The molecule has 0 radical (unpaired) electrons. The summed E-state index contributed by atoms with van der Waals surface area (Å²) in [7, 11) is 0. The molecule has 0 unspecified atom stereocenters. The summed E-state index contributed by atoms with van der Waals surface area (Å²) in [6.07, 6.45) is 2.93. The predicted octanol–water partition coefficient (Wildman–Crippen LogP) is 3.91. The molecule has 0 bridgehead atoms. The van der Waals surface area contributed by atoms with Crippen LogP contribution in [0.2, 0.25) is 0 Å². The molecule has 0 spiro atoms. The molecule has 14 heavy (non-hydrogen) atoms. The van der Waals surface area contributed by atoms with Crippen LogP contribution in [0.25, 0.3) is 0 Å². The van der Waals surface area contributed by atoms with Crippen LogP contribution in [0, 0.1) is 0 Å². The van der Waals surface area contributed by atoms with E-state index in [0.717, 1.165) is 6.54 Å². The molecule has 3 N–H and O–H groups in total. The Morgan fingerprint density at radius 1 is 1.00 bits per heavy atom. The van der Waals surface area contributed by atoms with Gasteiger partial charge in [0.25, 0.3) is 0 Å². The standard InChI is InChI=1S/C4H9N.C2H5N.3C2H6/c1-3-5-4-2;1-2-3;3*1-2/h3,5H,1,4H2,2H3;2H,1,3H2;3*1-2H3. The van der Waals surface area contributed by atoms with E-state index in [-0.39, 0.29) is 0 Å². The first-order valence-corrected chi connectivity index (χ1v) is 5.50. The summed E-state index contributed by atoms with van der Waals surface area (Å²) in [4.78, 5) is 0. The minimum atomic E-state index is 0.976. The van der Waals surface area contributed by atoms with Crippen molar-refractivity contribution in [3.8, 4) is 0 Å². The highest BCUT2D eigenvalue weighted by molar-refractivity contribution is 4.58. The summed E-state index contributed by atoms with van der Waals surface area (Å²) < 4.78 is 0. The zero-order valence-corrected chi connectivity index (χ0v) is 11.4. The highest BCUT2D eigenvalue weighted by Gasteiger charge is 1.54. The second-order valence-electron chi connectivity index (χ2n) is 0.998. The van der Waals surface area contributed by atoms with Crippen LogP contribution in [0.5, 0.6) is 0 Å². The molecule has 0 saturated heterocycles. The van der Waals surface area contributed by atoms with Crippen molar-refractivity contribution in [3.05, 3.63) is 25.6 Å². The van der Waals surface area contributed by atoms with Crippen molar-refractivity contribution in [1.29, 1.82) is 0 Å². The van der Waals surface area contributed by atoms with Crippen molar-refractivity contribution in [1.82, 2.24) is 5.32 Å². The average Bonchev–Trinajstić information content (AvgIpc) is 2.29. The Labute approximate surface area is 92.3 Å². The maximum absolute atomic E-state index is 4.61. The third-order valence-electron chi connectivity index (χ3n) is 0.348. The molecule has 0 saturated carbocycles. The van der Waals surface area contributed by atoms with Crippen LogP contribution in [0.3, 0.4) is 0 Å². The molecule has 0 rings (SSSR count). The van der Waals surface area contributed by atoms with Crippen LogP contribution in [0.15, 0.2) is 25.6 Å². The second-order valence-corrected chi connectivity index (χ2v) is 0.998. The molecule has 0 heterocycles. The quantitative estimate of drug-likeness (QED) is 0.716. The summed E-state index contributed by atoms with van der Waals surface area (Å²) in [6, 6.07) is 0. The first-order valence-electron chi connectivity index (χ1n) is 5.50. The zero-order valence-electron chi connectivity index (χ0n) is 11.4. The van der Waals surface area contributed by atoms with Gasteiger partial charge in [-0.2, -0.15) is 0 Å². The van der Waals surface area contributed by atoms with Crippen molar-refractivity contribution >= 4 is 0 Å². The molecule has 0 atom stereocenters. The van der Waals surface area contributed by atoms with Gasteiger partial charge in [0, 0.05) is 6.54 Å². The van der Waals surface area contributed by atoms with E-state index in [0.29, 0.717) is 0 Å². The van der Waals surface area contributed by atoms with Crippen LogP contribution in [-0.2, 0) is 0 Å². The second kappa shape index (κ2) is 156. The molecular formula is C12H32N2. The zero-order chi connectivity index (χ0) is 12.8. The number of hydrogen-bond donors (Lipinski definition) is 2. The summed E-state index contributed by atoms with van der Waals surface area (Å²) in [5.41, 5.74) is 4.61. The van der Waals surface area contributed by atoms with Gasteiger partial charge in [0.2, 0.25) is 0 Å². The van der Waals surface area contributed by atoms with Crippen molar-refractivity contribution in [2.75, 3.05) is 6.54 Å². The highest BCUT2D eigenvalue weighted by Crippen LogP contribution is 1.47. The largest absolute Gasteiger partial charge is 0.405 e. The van der Waals surface area contributed by atoms with Crippen LogP contribution >= 0.6 is 0 Å². The molecule has 0 aliphatic rings. The monoisotopic (exact) mass is 204 g/mol. The van der Waals surface area contributed by atoms with Gasteiger partial charge in [0.1, 0.15) is 0 Å². The Balaban J connectivity index is -0.0000000263.